The zero-order valence-corrected chi connectivity index (χ0v) is 15.9. The Morgan fingerprint density at radius 2 is 0.833 bits per heavy atom. The number of phenolic OH excluding ortho intramolecular Hbond substituents is 2. The smallest absolute Gasteiger partial charge is 0.233 e. The summed E-state index contributed by atoms with van der Waals surface area (Å²) >= 11 is 0. The third-order valence-electron chi connectivity index (χ3n) is 4.78. The molecule has 146 valence electrons. The number of carbonyl (C=O) groups is 2. The summed E-state index contributed by atoms with van der Waals surface area (Å²) in [5.74, 6) is -1.72. The van der Waals surface area contributed by atoms with Gasteiger partial charge in [-0.05, 0) is 58.7 Å². The van der Waals surface area contributed by atoms with Crippen LogP contribution in [0.2, 0.25) is 0 Å². The summed E-state index contributed by atoms with van der Waals surface area (Å²) in [5, 5.41) is 20.2. The normalized spacial score (nSPS) is 10.5. The Kier molecular flexibility index (Phi) is 5.14. The lowest BCUT2D eigenvalue weighted by atomic mass is 9.95. The fourth-order valence-corrected chi connectivity index (χ4v) is 3.34. The monoisotopic (exact) mass is 394 g/mol. The Hall–Kier alpha value is -4.18. The van der Waals surface area contributed by atoms with E-state index in [4.69, 9.17) is 0 Å². The lowest BCUT2D eigenvalue weighted by Gasteiger charge is -2.08. The summed E-state index contributed by atoms with van der Waals surface area (Å²) < 4.78 is 0. The van der Waals surface area contributed by atoms with E-state index < -0.39 is 11.6 Å². The number of aromatic hydroxyl groups is 2. The van der Waals surface area contributed by atoms with Gasteiger partial charge in [0, 0.05) is 11.1 Å². The van der Waals surface area contributed by atoms with Crippen molar-refractivity contribution in [2.45, 2.75) is 0 Å². The van der Waals surface area contributed by atoms with Crippen LogP contribution in [0.25, 0.3) is 22.3 Å². The molecule has 0 aromatic heterocycles. The van der Waals surface area contributed by atoms with Gasteiger partial charge in [-0.25, -0.2) is 0 Å². The number of ketones is 2. The van der Waals surface area contributed by atoms with E-state index in [1.165, 1.54) is 12.1 Å². The van der Waals surface area contributed by atoms with E-state index in [2.05, 4.69) is 0 Å². The van der Waals surface area contributed by atoms with Crippen molar-refractivity contribution in [2.75, 3.05) is 0 Å². The minimum absolute atomic E-state index is 0.0865. The lowest BCUT2D eigenvalue weighted by Crippen LogP contribution is -2.14. The van der Waals surface area contributed by atoms with Gasteiger partial charge in [-0.15, -0.1) is 0 Å². The largest absolute Gasteiger partial charge is 0.508 e. The number of benzene rings is 4. The number of rotatable bonds is 5. The van der Waals surface area contributed by atoms with Gasteiger partial charge in [-0.3, -0.25) is 9.59 Å². The highest BCUT2D eigenvalue weighted by Crippen LogP contribution is 2.28. The molecule has 0 saturated carbocycles. The van der Waals surface area contributed by atoms with Crippen molar-refractivity contribution in [2.24, 2.45) is 0 Å². The molecule has 0 aliphatic rings. The second-order valence-electron chi connectivity index (χ2n) is 6.93. The molecule has 0 aliphatic carbocycles. The van der Waals surface area contributed by atoms with Crippen LogP contribution in [0.5, 0.6) is 11.5 Å². The molecular weight excluding hydrogens is 376 g/mol. The summed E-state index contributed by atoms with van der Waals surface area (Å²) in [7, 11) is 0. The molecule has 30 heavy (non-hydrogen) atoms. The minimum atomic E-state index is -0.757. The van der Waals surface area contributed by atoms with Crippen LogP contribution in [0.3, 0.4) is 0 Å². The van der Waals surface area contributed by atoms with Crippen molar-refractivity contribution >= 4 is 11.6 Å². The molecule has 0 amide bonds. The van der Waals surface area contributed by atoms with Gasteiger partial charge in [0.2, 0.25) is 11.6 Å². The van der Waals surface area contributed by atoms with E-state index >= 15 is 0 Å². The molecule has 0 radical (unpaired) electrons. The topological polar surface area (TPSA) is 74.6 Å². The van der Waals surface area contributed by atoms with E-state index in [0.29, 0.717) is 11.1 Å². The number of hydrogen-bond donors (Lipinski definition) is 2. The second-order valence-corrected chi connectivity index (χ2v) is 6.93. The molecule has 4 aromatic rings. The van der Waals surface area contributed by atoms with Crippen LogP contribution in [0.4, 0.5) is 0 Å². The first-order chi connectivity index (χ1) is 14.5. The van der Waals surface area contributed by atoms with E-state index in [1.54, 1.807) is 24.3 Å². The van der Waals surface area contributed by atoms with E-state index in [-0.39, 0.29) is 22.6 Å². The highest BCUT2D eigenvalue weighted by Gasteiger charge is 2.21. The number of Topliss-reactive ketones (excluding diaryl/α,β-unsaturated/α-hetero) is 2. The Balaban J connectivity index is 1.70. The SMILES string of the molecule is O=C(C(=O)c1cc(O)cc(-c2ccccc2)c1)c1cc(O)cc(-c2ccccc2)c1. The summed E-state index contributed by atoms with van der Waals surface area (Å²) in [5.41, 5.74) is 3.07. The fraction of sp³-hybridized carbons (Fsp3) is 0. The number of carbonyl (C=O) groups excluding carboxylic acids is 2. The molecule has 4 nitrogen and oxygen atoms in total. The average Bonchev–Trinajstić information content (AvgIpc) is 2.78. The van der Waals surface area contributed by atoms with Gasteiger partial charge in [0.25, 0.3) is 0 Å². The lowest BCUT2D eigenvalue weighted by molar-refractivity contribution is 0.0816. The quantitative estimate of drug-likeness (QED) is 0.346. The van der Waals surface area contributed by atoms with E-state index in [0.717, 1.165) is 11.1 Å². The summed E-state index contributed by atoms with van der Waals surface area (Å²) in [4.78, 5) is 25.8. The molecule has 0 atom stereocenters. The van der Waals surface area contributed by atoms with Crippen molar-refractivity contribution in [1.29, 1.82) is 0 Å². The van der Waals surface area contributed by atoms with Crippen LogP contribution < -0.4 is 0 Å². The summed E-state index contributed by atoms with van der Waals surface area (Å²) in [6.45, 7) is 0. The van der Waals surface area contributed by atoms with Crippen LogP contribution in [0.1, 0.15) is 20.7 Å². The van der Waals surface area contributed by atoms with Gasteiger partial charge in [-0.2, -0.15) is 0 Å². The molecule has 0 unspecified atom stereocenters. The third-order valence-corrected chi connectivity index (χ3v) is 4.78. The zero-order chi connectivity index (χ0) is 21.1. The Labute approximate surface area is 173 Å². The third kappa shape index (κ3) is 3.98. The van der Waals surface area contributed by atoms with Crippen LogP contribution in [-0.2, 0) is 0 Å². The maximum atomic E-state index is 12.9. The van der Waals surface area contributed by atoms with Crippen LogP contribution in [-0.4, -0.2) is 21.8 Å². The first kappa shape index (κ1) is 19.2. The highest BCUT2D eigenvalue weighted by molar-refractivity contribution is 6.49. The Morgan fingerprint density at radius 1 is 0.467 bits per heavy atom. The predicted octanol–water partition coefficient (Wildman–Crippen LogP) is 5.50. The zero-order valence-electron chi connectivity index (χ0n) is 15.9. The maximum Gasteiger partial charge on any atom is 0.233 e. The first-order valence-electron chi connectivity index (χ1n) is 9.39. The van der Waals surface area contributed by atoms with E-state index in [9.17, 15) is 19.8 Å². The molecule has 4 aromatic carbocycles. The van der Waals surface area contributed by atoms with Gasteiger partial charge in [0.15, 0.2) is 0 Å². The average molecular weight is 394 g/mol. The van der Waals surface area contributed by atoms with Crippen molar-refractivity contribution in [3.8, 4) is 33.8 Å². The van der Waals surface area contributed by atoms with Crippen molar-refractivity contribution < 1.29 is 19.8 Å². The molecule has 0 spiro atoms. The molecule has 0 fully saturated rings. The second kappa shape index (κ2) is 8.05. The first-order valence-corrected chi connectivity index (χ1v) is 9.39. The van der Waals surface area contributed by atoms with E-state index in [1.807, 2.05) is 60.7 Å². The predicted molar refractivity (Wildman–Crippen MR) is 116 cm³/mol. The minimum Gasteiger partial charge on any atom is -0.508 e. The standard InChI is InChI=1S/C26H18O4/c27-23-13-19(17-7-3-1-4-8-17)11-21(15-23)25(29)26(30)22-12-20(14-24(28)16-22)18-9-5-2-6-10-18/h1-16,27-28H. The molecule has 0 bridgehead atoms. The van der Waals surface area contributed by atoms with Crippen LogP contribution in [0.15, 0.2) is 97.1 Å². The van der Waals surface area contributed by atoms with Crippen LogP contribution >= 0.6 is 0 Å². The molecule has 4 heteroatoms. The number of hydrogen-bond acceptors (Lipinski definition) is 4. The van der Waals surface area contributed by atoms with Crippen molar-refractivity contribution in [3.63, 3.8) is 0 Å². The molecule has 0 saturated heterocycles. The Bertz CT molecular complexity index is 1130. The van der Waals surface area contributed by atoms with Crippen molar-refractivity contribution in [1.82, 2.24) is 0 Å². The van der Waals surface area contributed by atoms with Gasteiger partial charge < -0.3 is 10.2 Å². The van der Waals surface area contributed by atoms with Crippen LogP contribution in [0, 0.1) is 0 Å². The van der Waals surface area contributed by atoms with Crippen molar-refractivity contribution in [3.05, 3.63) is 108 Å². The molecule has 0 heterocycles. The molecule has 4 rings (SSSR count). The Morgan fingerprint density at radius 3 is 1.20 bits per heavy atom. The highest BCUT2D eigenvalue weighted by atomic mass is 16.3. The van der Waals surface area contributed by atoms with Gasteiger partial charge in [-0.1, -0.05) is 60.7 Å². The molecular formula is C26H18O4. The molecule has 2 N–H and O–H groups in total. The molecule has 0 aliphatic heterocycles. The fourth-order valence-electron chi connectivity index (χ4n) is 3.34. The number of phenols is 2. The maximum absolute atomic E-state index is 12.9. The van der Waals surface area contributed by atoms with Gasteiger partial charge in [0.05, 0.1) is 0 Å². The summed E-state index contributed by atoms with van der Waals surface area (Å²) in [6.07, 6.45) is 0. The van der Waals surface area contributed by atoms with Gasteiger partial charge >= 0.3 is 0 Å². The summed E-state index contributed by atoms with van der Waals surface area (Å²) in [6, 6.07) is 27.3. The van der Waals surface area contributed by atoms with Gasteiger partial charge in [0.1, 0.15) is 11.5 Å².